The van der Waals surface area contributed by atoms with E-state index in [2.05, 4.69) is 10.1 Å². The molecule has 0 saturated carbocycles. The van der Waals surface area contributed by atoms with Crippen molar-refractivity contribution in [1.82, 2.24) is 5.32 Å². The van der Waals surface area contributed by atoms with Crippen LogP contribution in [0.3, 0.4) is 0 Å². The zero-order chi connectivity index (χ0) is 14.3. The largest absolute Gasteiger partial charge is 0.468 e. The zero-order valence-electron chi connectivity index (χ0n) is 10.9. The zero-order valence-corrected chi connectivity index (χ0v) is 11.7. The van der Waals surface area contributed by atoms with Gasteiger partial charge in [-0.3, -0.25) is 9.59 Å². The Bertz CT molecular complexity index is 408. The molecular formula is C12H18N2O4S. The summed E-state index contributed by atoms with van der Waals surface area (Å²) in [6, 6.07) is 2.83. The number of hydrogen-bond donors (Lipinski definition) is 2. The summed E-state index contributed by atoms with van der Waals surface area (Å²) in [5.41, 5.74) is 5.59. The second-order valence-corrected chi connectivity index (χ2v) is 5.28. The minimum atomic E-state index is -0.713. The van der Waals surface area contributed by atoms with Crippen LogP contribution in [0, 0.1) is 0 Å². The number of thioether (sulfide) groups is 1. The molecule has 2 unspecified atom stereocenters. The van der Waals surface area contributed by atoms with Crippen LogP contribution in [-0.2, 0) is 20.9 Å². The predicted molar refractivity (Wildman–Crippen MR) is 72.5 cm³/mol. The lowest BCUT2D eigenvalue weighted by Crippen LogP contribution is -2.36. The SMILES string of the molecule is COC(=O)C(N)CSC(C)C(=O)NCc1ccco1. The fourth-order valence-corrected chi connectivity index (χ4v) is 2.14. The third kappa shape index (κ3) is 5.35. The van der Waals surface area contributed by atoms with Gasteiger partial charge in [0.15, 0.2) is 0 Å². The van der Waals surface area contributed by atoms with Gasteiger partial charge in [0.05, 0.1) is 25.2 Å². The molecule has 0 spiro atoms. The Kier molecular flexibility index (Phi) is 6.44. The van der Waals surface area contributed by atoms with E-state index in [1.165, 1.54) is 18.9 Å². The van der Waals surface area contributed by atoms with Crippen molar-refractivity contribution in [3.05, 3.63) is 24.2 Å². The fourth-order valence-electron chi connectivity index (χ4n) is 1.27. The van der Waals surface area contributed by atoms with Crippen molar-refractivity contribution in [2.45, 2.75) is 24.8 Å². The molecule has 6 nitrogen and oxygen atoms in total. The molecule has 1 rings (SSSR count). The van der Waals surface area contributed by atoms with Crippen molar-refractivity contribution in [1.29, 1.82) is 0 Å². The Morgan fingerprint density at radius 2 is 2.32 bits per heavy atom. The number of nitrogens with two attached hydrogens (primary N) is 1. The molecule has 2 atom stereocenters. The summed E-state index contributed by atoms with van der Waals surface area (Å²) in [6.45, 7) is 2.10. The van der Waals surface area contributed by atoms with Crippen molar-refractivity contribution in [2.75, 3.05) is 12.9 Å². The number of nitrogens with one attached hydrogen (secondary N) is 1. The highest BCUT2D eigenvalue weighted by Crippen LogP contribution is 2.12. The molecule has 7 heteroatoms. The Morgan fingerprint density at radius 3 is 2.89 bits per heavy atom. The summed E-state index contributed by atoms with van der Waals surface area (Å²) in [5.74, 6) is 0.424. The van der Waals surface area contributed by atoms with Gasteiger partial charge in [0, 0.05) is 5.75 Å². The molecule has 0 radical (unpaired) electrons. The molecule has 106 valence electrons. The van der Waals surface area contributed by atoms with Crippen molar-refractivity contribution in [3.8, 4) is 0 Å². The summed E-state index contributed by atoms with van der Waals surface area (Å²) in [7, 11) is 1.28. The molecule has 0 aliphatic heterocycles. The first-order chi connectivity index (χ1) is 9.04. The average Bonchev–Trinajstić information content (AvgIpc) is 2.93. The first kappa shape index (κ1) is 15.6. The van der Waals surface area contributed by atoms with Crippen LogP contribution in [0.5, 0.6) is 0 Å². The molecule has 0 aromatic carbocycles. The number of carbonyl (C=O) groups is 2. The highest BCUT2D eigenvalue weighted by Gasteiger charge is 2.19. The maximum Gasteiger partial charge on any atom is 0.323 e. The van der Waals surface area contributed by atoms with Gasteiger partial charge in [0.1, 0.15) is 11.8 Å². The molecule has 0 aliphatic carbocycles. The first-order valence-corrected chi connectivity index (χ1v) is 6.84. The molecule has 1 amide bonds. The van der Waals surface area contributed by atoms with Crippen LogP contribution in [0.4, 0.5) is 0 Å². The van der Waals surface area contributed by atoms with Crippen LogP contribution in [0.2, 0.25) is 0 Å². The molecule has 1 heterocycles. The number of carbonyl (C=O) groups excluding carboxylic acids is 2. The van der Waals surface area contributed by atoms with Crippen LogP contribution in [0.1, 0.15) is 12.7 Å². The first-order valence-electron chi connectivity index (χ1n) is 5.79. The molecule has 19 heavy (non-hydrogen) atoms. The second-order valence-electron chi connectivity index (χ2n) is 3.90. The number of hydrogen-bond acceptors (Lipinski definition) is 6. The van der Waals surface area contributed by atoms with Crippen LogP contribution >= 0.6 is 11.8 Å². The molecule has 0 bridgehead atoms. The Balaban J connectivity index is 2.26. The standard InChI is InChI=1S/C12H18N2O4S/c1-8(19-7-10(13)12(16)17-2)11(15)14-6-9-4-3-5-18-9/h3-5,8,10H,6-7,13H2,1-2H3,(H,14,15). The molecule has 0 saturated heterocycles. The smallest absolute Gasteiger partial charge is 0.323 e. The number of ether oxygens (including phenoxy) is 1. The molecule has 1 aromatic rings. The van der Waals surface area contributed by atoms with Gasteiger partial charge in [0.25, 0.3) is 0 Å². The summed E-state index contributed by atoms with van der Waals surface area (Å²) in [5, 5.41) is 2.44. The normalized spacial score (nSPS) is 13.6. The number of esters is 1. The van der Waals surface area contributed by atoms with E-state index in [9.17, 15) is 9.59 Å². The van der Waals surface area contributed by atoms with Crippen molar-refractivity contribution >= 4 is 23.6 Å². The van der Waals surface area contributed by atoms with Gasteiger partial charge in [-0.15, -0.1) is 11.8 Å². The van der Waals surface area contributed by atoms with E-state index < -0.39 is 12.0 Å². The summed E-state index contributed by atoms with van der Waals surface area (Å²) in [4.78, 5) is 22.9. The van der Waals surface area contributed by atoms with Crippen molar-refractivity contribution in [3.63, 3.8) is 0 Å². The van der Waals surface area contributed by atoms with E-state index in [4.69, 9.17) is 10.2 Å². The van der Waals surface area contributed by atoms with E-state index in [1.807, 2.05) is 0 Å². The van der Waals surface area contributed by atoms with Gasteiger partial charge in [-0.25, -0.2) is 0 Å². The maximum atomic E-state index is 11.8. The Labute approximate surface area is 116 Å². The van der Waals surface area contributed by atoms with Gasteiger partial charge in [-0.2, -0.15) is 0 Å². The van der Waals surface area contributed by atoms with Gasteiger partial charge in [-0.05, 0) is 19.1 Å². The molecular weight excluding hydrogens is 268 g/mol. The third-order valence-electron chi connectivity index (χ3n) is 2.42. The van der Waals surface area contributed by atoms with Gasteiger partial charge >= 0.3 is 5.97 Å². The van der Waals surface area contributed by atoms with Crippen LogP contribution < -0.4 is 11.1 Å². The van der Waals surface area contributed by atoms with Crippen molar-refractivity contribution < 1.29 is 18.7 Å². The van der Waals surface area contributed by atoms with Crippen LogP contribution in [-0.4, -0.2) is 36.0 Å². The number of amides is 1. The fraction of sp³-hybridized carbons (Fsp3) is 0.500. The Morgan fingerprint density at radius 1 is 1.58 bits per heavy atom. The Hall–Kier alpha value is -1.47. The summed E-state index contributed by atoms with van der Waals surface area (Å²) >= 11 is 1.31. The van der Waals surface area contributed by atoms with Crippen molar-refractivity contribution in [2.24, 2.45) is 5.73 Å². The maximum absolute atomic E-state index is 11.8. The second kappa shape index (κ2) is 7.85. The van der Waals surface area contributed by atoms with Crippen LogP contribution in [0.25, 0.3) is 0 Å². The topological polar surface area (TPSA) is 94.6 Å². The monoisotopic (exact) mass is 286 g/mol. The lowest BCUT2D eigenvalue weighted by molar-refractivity contribution is -0.141. The van der Waals surface area contributed by atoms with E-state index in [-0.39, 0.29) is 11.2 Å². The number of methoxy groups -OCH3 is 1. The predicted octanol–water partition coefficient (Wildman–Crippen LogP) is 0.518. The minimum Gasteiger partial charge on any atom is -0.468 e. The molecule has 0 aliphatic rings. The quantitative estimate of drug-likeness (QED) is 0.710. The molecule has 1 aromatic heterocycles. The summed E-state index contributed by atoms with van der Waals surface area (Å²) in [6.07, 6.45) is 1.55. The van der Waals surface area contributed by atoms with Gasteiger partial charge < -0.3 is 20.2 Å². The minimum absolute atomic E-state index is 0.126. The molecule has 3 N–H and O–H groups in total. The van der Waals surface area contributed by atoms with Gasteiger partial charge in [-0.1, -0.05) is 0 Å². The number of furan rings is 1. The van der Waals surface area contributed by atoms with Gasteiger partial charge in [0.2, 0.25) is 5.91 Å². The average molecular weight is 286 g/mol. The third-order valence-corrected chi connectivity index (χ3v) is 3.68. The number of rotatable bonds is 7. The molecule has 0 fully saturated rings. The highest BCUT2D eigenvalue weighted by molar-refractivity contribution is 8.00. The van der Waals surface area contributed by atoms with E-state index >= 15 is 0 Å². The summed E-state index contributed by atoms with van der Waals surface area (Å²) < 4.78 is 9.62. The highest BCUT2D eigenvalue weighted by atomic mass is 32.2. The van der Waals surface area contributed by atoms with E-state index in [0.717, 1.165) is 0 Å². The van der Waals surface area contributed by atoms with E-state index in [0.29, 0.717) is 18.1 Å². The lowest BCUT2D eigenvalue weighted by atomic mass is 10.4. The lowest BCUT2D eigenvalue weighted by Gasteiger charge is -2.13. The van der Waals surface area contributed by atoms with Crippen LogP contribution in [0.15, 0.2) is 22.8 Å². The van der Waals surface area contributed by atoms with E-state index in [1.54, 1.807) is 25.3 Å².